The van der Waals surface area contributed by atoms with Crippen molar-refractivity contribution in [1.29, 1.82) is 0 Å². The summed E-state index contributed by atoms with van der Waals surface area (Å²) in [6.07, 6.45) is 3.83. The molecule has 2 aromatic carbocycles. The third-order valence-corrected chi connectivity index (χ3v) is 4.72. The molecular weight excluding hydrogens is 352 g/mol. The number of rotatable bonds is 5. The number of thiol groups is 1. The number of hydrogen-bond donors (Lipinski definition) is 1. The van der Waals surface area contributed by atoms with Gasteiger partial charge in [-0.25, -0.2) is 9.36 Å². The topological polar surface area (TPSA) is 35.6 Å². The molecule has 2 aromatic heterocycles. The fraction of sp³-hybridized carbons (Fsp3) is 0.182. The monoisotopic (exact) mass is 374 g/mol. The van der Waals surface area contributed by atoms with Crippen molar-refractivity contribution in [2.24, 2.45) is 0 Å². The summed E-state index contributed by atoms with van der Waals surface area (Å²) in [5.74, 6) is 0. The van der Waals surface area contributed by atoms with Gasteiger partial charge in [-0.3, -0.25) is 0 Å². The number of aromatic nitrogens is 4. The first-order valence-electron chi connectivity index (χ1n) is 8.96. The van der Waals surface area contributed by atoms with Gasteiger partial charge in [-0.1, -0.05) is 60.7 Å². The van der Waals surface area contributed by atoms with Gasteiger partial charge >= 0.3 is 0 Å². The van der Waals surface area contributed by atoms with Crippen LogP contribution >= 0.6 is 12.6 Å². The van der Waals surface area contributed by atoms with Gasteiger partial charge in [0, 0.05) is 28.3 Å². The van der Waals surface area contributed by atoms with Crippen LogP contribution in [0.3, 0.4) is 0 Å². The predicted octanol–water partition coefficient (Wildman–Crippen LogP) is 5.17. The van der Waals surface area contributed by atoms with E-state index < -0.39 is 0 Å². The fourth-order valence-electron chi connectivity index (χ4n) is 3.24. The fourth-order valence-corrected chi connectivity index (χ4v) is 3.48. The number of benzene rings is 2. The Morgan fingerprint density at radius 2 is 1.11 bits per heavy atom. The highest BCUT2D eigenvalue weighted by Gasteiger charge is 2.30. The average Bonchev–Trinajstić information content (AvgIpc) is 3.33. The lowest BCUT2D eigenvalue weighted by Crippen LogP contribution is -2.35. The molecule has 5 heteroatoms. The van der Waals surface area contributed by atoms with Gasteiger partial charge in [-0.15, -0.1) is 0 Å². The van der Waals surface area contributed by atoms with Gasteiger partial charge in [0.25, 0.3) is 0 Å². The Kier molecular flexibility index (Phi) is 4.62. The maximum absolute atomic E-state index is 4.84. The Morgan fingerprint density at radius 3 is 1.48 bits per heavy atom. The van der Waals surface area contributed by atoms with Gasteiger partial charge in [-0.2, -0.15) is 22.8 Å². The largest absolute Gasteiger partial charge is 0.246 e. The van der Waals surface area contributed by atoms with E-state index in [0.29, 0.717) is 0 Å². The molecule has 0 aliphatic rings. The van der Waals surface area contributed by atoms with Crippen molar-refractivity contribution in [3.8, 4) is 22.5 Å². The van der Waals surface area contributed by atoms with Crippen LogP contribution in [0.1, 0.15) is 20.0 Å². The molecule has 0 unspecified atom stereocenters. The van der Waals surface area contributed by atoms with Crippen LogP contribution in [0, 0.1) is 0 Å². The summed E-state index contributed by atoms with van der Waals surface area (Å²) in [6, 6.07) is 24.4. The zero-order valence-corrected chi connectivity index (χ0v) is 16.3. The van der Waals surface area contributed by atoms with Gasteiger partial charge in [0.15, 0.2) is 6.17 Å². The van der Waals surface area contributed by atoms with E-state index in [0.717, 1.165) is 22.5 Å². The van der Waals surface area contributed by atoms with E-state index >= 15 is 0 Å². The molecule has 0 saturated heterocycles. The van der Waals surface area contributed by atoms with Crippen LogP contribution in [-0.4, -0.2) is 24.3 Å². The van der Waals surface area contributed by atoms with Crippen molar-refractivity contribution >= 4 is 12.6 Å². The van der Waals surface area contributed by atoms with Crippen LogP contribution in [0.5, 0.6) is 0 Å². The molecule has 27 heavy (non-hydrogen) atoms. The van der Waals surface area contributed by atoms with Gasteiger partial charge in [0.1, 0.15) is 0 Å². The second-order valence-corrected chi connectivity index (χ2v) is 8.27. The van der Waals surface area contributed by atoms with Gasteiger partial charge in [-0.05, 0) is 26.0 Å². The first-order chi connectivity index (χ1) is 13.0. The van der Waals surface area contributed by atoms with E-state index in [1.807, 2.05) is 70.3 Å². The van der Waals surface area contributed by atoms with Crippen LogP contribution in [0.4, 0.5) is 0 Å². The molecule has 0 radical (unpaired) electrons. The summed E-state index contributed by atoms with van der Waals surface area (Å²) in [5.41, 5.74) is 4.07. The minimum absolute atomic E-state index is 0.157. The molecular formula is C22H22N4S. The molecule has 0 N–H and O–H groups in total. The molecule has 0 atom stereocenters. The minimum Gasteiger partial charge on any atom is -0.246 e. The zero-order chi connectivity index (χ0) is 18.9. The lowest BCUT2D eigenvalue weighted by Gasteiger charge is -2.30. The van der Waals surface area contributed by atoms with Crippen molar-refractivity contribution in [3.63, 3.8) is 0 Å². The summed E-state index contributed by atoms with van der Waals surface area (Å²) < 4.78 is 3.52. The summed E-state index contributed by atoms with van der Waals surface area (Å²) in [5, 5.41) is 9.63. The quantitative estimate of drug-likeness (QED) is 0.489. The van der Waals surface area contributed by atoms with Crippen molar-refractivity contribution in [1.82, 2.24) is 19.6 Å². The van der Waals surface area contributed by atoms with Crippen molar-refractivity contribution in [3.05, 3.63) is 85.2 Å². The van der Waals surface area contributed by atoms with Crippen molar-refractivity contribution in [2.75, 3.05) is 0 Å². The van der Waals surface area contributed by atoms with Crippen LogP contribution in [0.15, 0.2) is 85.2 Å². The summed E-state index contributed by atoms with van der Waals surface area (Å²) in [6.45, 7) is 4.16. The highest BCUT2D eigenvalue weighted by Crippen LogP contribution is 2.31. The molecule has 4 rings (SSSR count). The second kappa shape index (κ2) is 7.08. The second-order valence-electron chi connectivity index (χ2n) is 7.12. The van der Waals surface area contributed by atoms with Gasteiger partial charge in [0.05, 0.1) is 11.4 Å². The highest BCUT2D eigenvalue weighted by atomic mass is 32.1. The highest BCUT2D eigenvalue weighted by molar-refractivity contribution is 7.81. The van der Waals surface area contributed by atoms with E-state index in [1.165, 1.54) is 0 Å². The average molecular weight is 375 g/mol. The lowest BCUT2D eigenvalue weighted by atomic mass is 10.1. The third kappa shape index (κ3) is 3.69. The lowest BCUT2D eigenvalue weighted by molar-refractivity contribution is 0.303. The zero-order valence-electron chi connectivity index (χ0n) is 15.4. The first kappa shape index (κ1) is 17.6. The molecule has 4 aromatic rings. The summed E-state index contributed by atoms with van der Waals surface area (Å²) >= 11 is 4.84. The van der Waals surface area contributed by atoms with Crippen LogP contribution < -0.4 is 0 Å². The Labute approximate surface area is 164 Å². The molecule has 0 spiro atoms. The SMILES string of the molecule is CC(C)(S)C(n1ccc(-c2ccccc2)n1)n1ccc(-c2ccccc2)n1. The van der Waals surface area contributed by atoms with Gasteiger partial charge in [0.2, 0.25) is 0 Å². The molecule has 4 nitrogen and oxygen atoms in total. The molecule has 2 heterocycles. The molecule has 0 saturated carbocycles. The normalized spacial score (nSPS) is 11.9. The molecule has 0 amide bonds. The smallest absolute Gasteiger partial charge is 0.157 e. The Hall–Kier alpha value is -2.79. The molecule has 0 fully saturated rings. The first-order valence-corrected chi connectivity index (χ1v) is 9.40. The molecule has 0 aliphatic carbocycles. The number of nitrogens with zero attached hydrogens (tertiary/aromatic N) is 4. The van der Waals surface area contributed by atoms with E-state index in [2.05, 4.69) is 38.1 Å². The summed E-state index contributed by atoms with van der Waals surface area (Å²) in [7, 11) is 0. The Balaban J connectivity index is 1.72. The number of hydrogen-bond acceptors (Lipinski definition) is 3. The van der Waals surface area contributed by atoms with E-state index in [-0.39, 0.29) is 10.9 Å². The van der Waals surface area contributed by atoms with Crippen molar-refractivity contribution in [2.45, 2.75) is 24.8 Å². The van der Waals surface area contributed by atoms with Crippen LogP contribution in [-0.2, 0) is 0 Å². The molecule has 136 valence electrons. The third-order valence-electron chi connectivity index (χ3n) is 4.49. The summed E-state index contributed by atoms with van der Waals surface area (Å²) in [4.78, 5) is 0. The van der Waals surface area contributed by atoms with E-state index in [9.17, 15) is 0 Å². The maximum atomic E-state index is 4.84. The Morgan fingerprint density at radius 1 is 0.704 bits per heavy atom. The minimum atomic E-state index is -0.361. The van der Waals surface area contributed by atoms with Crippen LogP contribution in [0.2, 0.25) is 0 Å². The van der Waals surface area contributed by atoms with Crippen LogP contribution in [0.25, 0.3) is 22.5 Å². The predicted molar refractivity (Wildman–Crippen MR) is 113 cm³/mol. The standard InChI is InChI=1S/C22H22N4S/c1-22(2,27)21(25-15-13-19(23-25)17-9-5-3-6-10-17)26-16-14-20(24-26)18-11-7-4-8-12-18/h3-16,21,27H,1-2H3. The Bertz CT molecular complexity index is 935. The van der Waals surface area contributed by atoms with E-state index in [4.69, 9.17) is 22.8 Å². The van der Waals surface area contributed by atoms with Crippen molar-refractivity contribution < 1.29 is 0 Å². The maximum Gasteiger partial charge on any atom is 0.157 e. The molecule has 0 bridgehead atoms. The van der Waals surface area contributed by atoms with Gasteiger partial charge < -0.3 is 0 Å². The molecule has 0 aliphatic heterocycles. The van der Waals surface area contributed by atoms with E-state index in [1.54, 1.807) is 0 Å².